The van der Waals surface area contributed by atoms with Gasteiger partial charge >= 0.3 is 0 Å². The van der Waals surface area contributed by atoms with Gasteiger partial charge in [0.15, 0.2) is 0 Å². The molecule has 0 amide bonds. The summed E-state index contributed by atoms with van der Waals surface area (Å²) < 4.78 is 0. The van der Waals surface area contributed by atoms with Gasteiger partial charge in [0.2, 0.25) is 0 Å². The molecule has 0 N–H and O–H groups in total. The maximum Gasteiger partial charge on any atom is -0.000722 e. The molecule has 0 aliphatic heterocycles. The van der Waals surface area contributed by atoms with Gasteiger partial charge in [-0.15, -0.1) is 0 Å². The fraction of sp³-hybridized carbons (Fsp3) is 0.375. The van der Waals surface area contributed by atoms with Crippen molar-refractivity contribution in [2.45, 2.75) is 39.5 Å². The van der Waals surface area contributed by atoms with Gasteiger partial charge in [-0.25, -0.2) is 0 Å². The first-order valence-corrected chi connectivity index (χ1v) is 6.20. The minimum absolute atomic E-state index is 0.494. The second kappa shape index (κ2) is 7.05. The summed E-state index contributed by atoms with van der Waals surface area (Å²) in [7, 11) is 0. The lowest BCUT2D eigenvalue weighted by Crippen LogP contribution is -1.88. The van der Waals surface area contributed by atoms with Crippen molar-refractivity contribution in [1.29, 1.82) is 0 Å². The zero-order valence-electron chi connectivity index (χ0n) is 10.6. The number of allylic oxidation sites excluding steroid dienone is 4. The number of hydrogen-bond donors (Lipinski definition) is 0. The lowest BCUT2D eigenvalue weighted by atomic mass is 9.99. The largest absolute Gasteiger partial charge is 0.0816 e. The van der Waals surface area contributed by atoms with E-state index in [1.165, 1.54) is 11.1 Å². The van der Waals surface area contributed by atoms with Crippen LogP contribution in [0.2, 0.25) is 0 Å². The van der Waals surface area contributed by atoms with Crippen molar-refractivity contribution < 1.29 is 0 Å². The van der Waals surface area contributed by atoms with Crippen LogP contribution in [-0.4, -0.2) is 0 Å². The molecule has 1 rings (SSSR count). The molecule has 0 aliphatic rings. The third-order valence-corrected chi connectivity index (χ3v) is 2.80. The van der Waals surface area contributed by atoms with Gasteiger partial charge in [-0.1, -0.05) is 74.9 Å². The standard InChI is InChI=1S/C16H22/c1-4-9-15(5-2)13-12-14(3)16-10-7-6-8-11-16/h6-14H,4-5H2,1-3H3/b13-12-,15-9-. The third kappa shape index (κ3) is 4.06. The van der Waals surface area contributed by atoms with Crippen molar-refractivity contribution in [2.75, 3.05) is 0 Å². The molecular formula is C16H22. The minimum Gasteiger partial charge on any atom is -0.0816 e. The van der Waals surface area contributed by atoms with Crippen molar-refractivity contribution in [3.05, 3.63) is 59.7 Å². The highest BCUT2D eigenvalue weighted by molar-refractivity contribution is 5.26. The Morgan fingerprint density at radius 2 is 1.88 bits per heavy atom. The van der Waals surface area contributed by atoms with E-state index in [0.717, 1.165) is 12.8 Å². The van der Waals surface area contributed by atoms with Crippen LogP contribution >= 0.6 is 0 Å². The highest BCUT2D eigenvalue weighted by Crippen LogP contribution is 2.17. The summed E-state index contributed by atoms with van der Waals surface area (Å²) in [5.41, 5.74) is 2.82. The molecule has 0 aromatic heterocycles. The van der Waals surface area contributed by atoms with E-state index in [0.29, 0.717) is 5.92 Å². The zero-order valence-corrected chi connectivity index (χ0v) is 10.6. The summed E-state index contributed by atoms with van der Waals surface area (Å²) in [6.45, 7) is 6.63. The fourth-order valence-electron chi connectivity index (χ4n) is 1.73. The van der Waals surface area contributed by atoms with Gasteiger partial charge in [0.05, 0.1) is 0 Å². The Bertz CT molecular complexity index is 344. The number of benzene rings is 1. The molecule has 16 heavy (non-hydrogen) atoms. The normalized spacial score (nSPS) is 14.3. The molecule has 86 valence electrons. The van der Waals surface area contributed by atoms with Crippen LogP contribution in [0, 0.1) is 0 Å². The van der Waals surface area contributed by atoms with Crippen LogP contribution in [0.25, 0.3) is 0 Å². The van der Waals surface area contributed by atoms with E-state index in [-0.39, 0.29) is 0 Å². The summed E-state index contributed by atoms with van der Waals surface area (Å²) >= 11 is 0. The maximum atomic E-state index is 2.30. The van der Waals surface area contributed by atoms with Gasteiger partial charge in [0.1, 0.15) is 0 Å². The van der Waals surface area contributed by atoms with E-state index in [4.69, 9.17) is 0 Å². The first-order valence-electron chi connectivity index (χ1n) is 6.20. The molecule has 0 radical (unpaired) electrons. The maximum absolute atomic E-state index is 2.30. The number of rotatable bonds is 5. The molecule has 1 aromatic rings. The number of hydrogen-bond acceptors (Lipinski definition) is 0. The molecule has 1 aromatic carbocycles. The quantitative estimate of drug-likeness (QED) is 0.599. The second-order valence-corrected chi connectivity index (χ2v) is 4.10. The molecule has 0 heterocycles. The van der Waals surface area contributed by atoms with Gasteiger partial charge in [0.25, 0.3) is 0 Å². The van der Waals surface area contributed by atoms with Gasteiger partial charge in [-0.3, -0.25) is 0 Å². The summed E-state index contributed by atoms with van der Waals surface area (Å²) in [6, 6.07) is 10.6. The van der Waals surface area contributed by atoms with Crippen molar-refractivity contribution in [2.24, 2.45) is 0 Å². The van der Waals surface area contributed by atoms with E-state index in [2.05, 4.69) is 69.3 Å². The molecule has 0 aliphatic carbocycles. The minimum atomic E-state index is 0.494. The fourth-order valence-corrected chi connectivity index (χ4v) is 1.73. The highest BCUT2D eigenvalue weighted by Gasteiger charge is 1.99. The molecule has 0 saturated heterocycles. The monoisotopic (exact) mass is 214 g/mol. The lowest BCUT2D eigenvalue weighted by molar-refractivity contribution is 0.961. The predicted molar refractivity (Wildman–Crippen MR) is 72.7 cm³/mol. The molecule has 0 heteroatoms. The van der Waals surface area contributed by atoms with E-state index in [1.807, 2.05) is 0 Å². The average Bonchev–Trinajstić information content (AvgIpc) is 2.35. The van der Waals surface area contributed by atoms with Crippen LogP contribution in [-0.2, 0) is 0 Å². The molecule has 0 spiro atoms. The molecule has 0 bridgehead atoms. The van der Waals surface area contributed by atoms with Crippen molar-refractivity contribution in [1.82, 2.24) is 0 Å². The first kappa shape index (κ1) is 12.8. The van der Waals surface area contributed by atoms with Gasteiger partial charge in [0, 0.05) is 0 Å². The van der Waals surface area contributed by atoms with E-state index in [9.17, 15) is 0 Å². The van der Waals surface area contributed by atoms with Gasteiger partial charge in [-0.05, 0) is 24.3 Å². The smallest absolute Gasteiger partial charge is 0.000722 e. The van der Waals surface area contributed by atoms with E-state index < -0.39 is 0 Å². The van der Waals surface area contributed by atoms with Crippen molar-refractivity contribution >= 4 is 0 Å². The third-order valence-electron chi connectivity index (χ3n) is 2.80. The summed E-state index contributed by atoms with van der Waals surface area (Å²) in [5, 5.41) is 0. The summed E-state index contributed by atoms with van der Waals surface area (Å²) in [4.78, 5) is 0. The van der Waals surface area contributed by atoms with Crippen molar-refractivity contribution in [3.8, 4) is 0 Å². The Morgan fingerprint density at radius 1 is 1.19 bits per heavy atom. The molecule has 1 unspecified atom stereocenters. The molecule has 0 fully saturated rings. The van der Waals surface area contributed by atoms with E-state index in [1.54, 1.807) is 0 Å². The van der Waals surface area contributed by atoms with Gasteiger partial charge < -0.3 is 0 Å². The molecular weight excluding hydrogens is 192 g/mol. The van der Waals surface area contributed by atoms with Crippen LogP contribution < -0.4 is 0 Å². The Kier molecular flexibility index (Phi) is 5.63. The van der Waals surface area contributed by atoms with E-state index >= 15 is 0 Å². The molecule has 0 nitrogen and oxygen atoms in total. The molecule has 1 atom stereocenters. The first-order chi connectivity index (χ1) is 7.77. The van der Waals surface area contributed by atoms with Crippen molar-refractivity contribution in [3.63, 3.8) is 0 Å². The highest BCUT2D eigenvalue weighted by atomic mass is 14.0. The van der Waals surface area contributed by atoms with Crippen LogP contribution in [0.1, 0.15) is 45.1 Å². The molecule has 0 saturated carbocycles. The Morgan fingerprint density at radius 3 is 2.44 bits per heavy atom. The lowest BCUT2D eigenvalue weighted by Gasteiger charge is -2.06. The summed E-state index contributed by atoms with van der Waals surface area (Å²) in [6.07, 6.45) is 9.09. The SMILES string of the molecule is CC/C=C(\C=C/C(C)c1ccccc1)CC. The Hall–Kier alpha value is -1.30. The predicted octanol–water partition coefficient (Wildman–Crippen LogP) is 5.09. The van der Waals surface area contributed by atoms with Crippen LogP contribution in [0.3, 0.4) is 0 Å². The van der Waals surface area contributed by atoms with Gasteiger partial charge in [-0.2, -0.15) is 0 Å². The zero-order chi connectivity index (χ0) is 11.8. The topological polar surface area (TPSA) is 0 Å². The van der Waals surface area contributed by atoms with Crippen LogP contribution in [0.5, 0.6) is 0 Å². The Labute approximate surface area is 99.7 Å². The average molecular weight is 214 g/mol. The summed E-state index contributed by atoms with van der Waals surface area (Å²) in [5.74, 6) is 0.494. The van der Waals surface area contributed by atoms with Crippen LogP contribution in [0.4, 0.5) is 0 Å². The second-order valence-electron chi connectivity index (χ2n) is 4.10. The van der Waals surface area contributed by atoms with Crippen LogP contribution in [0.15, 0.2) is 54.1 Å². The Balaban J connectivity index is 2.67.